The number of nitrogens with one attached hydrogen (secondary N) is 1. The second-order valence-electron chi connectivity index (χ2n) is 4.02. The highest BCUT2D eigenvalue weighted by molar-refractivity contribution is 7.09. The third-order valence-corrected chi connectivity index (χ3v) is 3.85. The molecule has 3 nitrogen and oxygen atoms in total. The van der Waals surface area contributed by atoms with E-state index in [2.05, 4.69) is 22.1 Å². The Morgan fingerprint density at radius 1 is 1.67 bits per heavy atom. The van der Waals surface area contributed by atoms with Crippen LogP contribution >= 0.6 is 11.3 Å². The number of aromatic nitrogens is 1. The smallest absolute Gasteiger partial charge is 0.0794 e. The minimum absolute atomic E-state index is 0.753. The molecule has 1 aliphatic heterocycles. The van der Waals surface area contributed by atoms with Crippen LogP contribution in [0.2, 0.25) is 0 Å². The Morgan fingerprint density at radius 3 is 3.33 bits per heavy atom. The molecule has 0 aromatic carbocycles. The first kappa shape index (κ1) is 11.0. The molecule has 0 amide bonds. The molecule has 1 aliphatic rings. The predicted octanol–water partition coefficient (Wildman–Crippen LogP) is 1.72. The van der Waals surface area contributed by atoms with Gasteiger partial charge in [-0.1, -0.05) is 6.92 Å². The maximum Gasteiger partial charge on any atom is 0.0794 e. The van der Waals surface area contributed by atoms with E-state index >= 15 is 0 Å². The van der Waals surface area contributed by atoms with Gasteiger partial charge in [0.15, 0.2) is 0 Å². The molecule has 2 heterocycles. The molecule has 0 spiro atoms. The third kappa shape index (κ3) is 3.00. The lowest BCUT2D eigenvalue weighted by Crippen LogP contribution is -2.37. The summed E-state index contributed by atoms with van der Waals surface area (Å²) in [5, 5.41) is 3.52. The Hall–Kier alpha value is -0.450. The van der Waals surface area contributed by atoms with Crippen molar-refractivity contribution in [3.05, 3.63) is 16.6 Å². The predicted molar refractivity (Wildman–Crippen MR) is 64.1 cm³/mol. The van der Waals surface area contributed by atoms with Crippen molar-refractivity contribution in [1.82, 2.24) is 15.2 Å². The number of thiazole rings is 1. The summed E-state index contributed by atoms with van der Waals surface area (Å²) in [6.07, 6.45) is 4.66. The van der Waals surface area contributed by atoms with Crippen molar-refractivity contribution in [3.63, 3.8) is 0 Å². The number of nitrogens with zero attached hydrogens (tertiary/aromatic N) is 2. The molecule has 0 bridgehead atoms. The highest BCUT2D eigenvalue weighted by atomic mass is 32.1. The number of likely N-dealkylation sites (tertiary alicyclic amines) is 1. The van der Waals surface area contributed by atoms with Crippen molar-refractivity contribution in [2.45, 2.75) is 32.4 Å². The fourth-order valence-electron chi connectivity index (χ4n) is 2.23. The van der Waals surface area contributed by atoms with Crippen LogP contribution in [0.25, 0.3) is 0 Å². The Balaban J connectivity index is 1.69. The molecule has 1 aromatic rings. The first-order valence-corrected chi connectivity index (χ1v) is 6.60. The van der Waals surface area contributed by atoms with Crippen LogP contribution < -0.4 is 5.32 Å². The normalized spacial score (nSPS) is 22.3. The van der Waals surface area contributed by atoms with Crippen LogP contribution in [0.3, 0.4) is 0 Å². The second kappa shape index (κ2) is 5.58. The topological polar surface area (TPSA) is 28.2 Å². The average molecular weight is 225 g/mol. The van der Waals surface area contributed by atoms with Crippen LogP contribution in [0, 0.1) is 0 Å². The van der Waals surface area contributed by atoms with Gasteiger partial charge in [0.1, 0.15) is 0 Å². The summed E-state index contributed by atoms with van der Waals surface area (Å²) < 4.78 is 0. The first-order chi connectivity index (χ1) is 7.40. The molecule has 4 heteroatoms. The van der Waals surface area contributed by atoms with E-state index in [-0.39, 0.29) is 0 Å². The molecule has 15 heavy (non-hydrogen) atoms. The molecule has 1 aromatic heterocycles. The third-order valence-electron chi connectivity index (χ3n) is 3.07. The van der Waals surface area contributed by atoms with Crippen molar-refractivity contribution < 1.29 is 0 Å². The van der Waals surface area contributed by atoms with E-state index in [0.29, 0.717) is 0 Å². The van der Waals surface area contributed by atoms with E-state index in [1.54, 1.807) is 11.3 Å². The van der Waals surface area contributed by atoms with Crippen LogP contribution in [0.5, 0.6) is 0 Å². The van der Waals surface area contributed by atoms with E-state index in [1.807, 2.05) is 11.7 Å². The van der Waals surface area contributed by atoms with Crippen molar-refractivity contribution in [1.29, 1.82) is 0 Å². The number of hydrogen-bond acceptors (Lipinski definition) is 4. The molecule has 84 valence electrons. The summed E-state index contributed by atoms with van der Waals surface area (Å²) in [4.78, 5) is 7.97. The molecule has 1 atom stereocenters. The Bertz CT molecular complexity index is 273. The molecule has 0 radical (unpaired) electrons. The summed E-state index contributed by atoms with van der Waals surface area (Å²) >= 11 is 1.72. The van der Waals surface area contributed by atoms with Crippen LogP contribution in [-0.4, -0.2) is 35.6 Å². The lowest BCUT2D eigenvalue weighted by Gasteiger charge is -2.22. The zero-order valence-corrected chi connectivity index (χ0v) is 10.1. The maximum atomic E-state index is 4.07. The van der Waals surface area contributed by atoms with Crippen LogP contribution in [0.15, 0.2) is 11.7 Å². The van der Waals surface area contributed by atoms with Gasteiger partial charge in [-0.15, -0.1) is 11.3 Å². The van der Waals surface area contributed by atoms with Gasteiger partial charge in [0.05, 0.1) is 5.51 Å². The van der Waals surface area contributed by atoms with Gasteiger partial charge in [-0.3, -0.25) is 9.88 Å². The minimum atomic E-state index is 0.753. The van der Waals surface area contributed by atoms with Crippen LogP contribution in [-0.2, 0) is 6.54 Å². The maximum absolute atomic E-state index is 4.07. The van der Waals surface area contributed by atoms with Crippen LogP contribution in [0.4, 0.5) is 0 Å². The molecule has 0 aliphatic carbocycles. The molecular weight excluding hydrogens is 206 g/mol. The minimum Gasteiger partial charge on any atom is -0.310 e. The Morgan fingerprint density at radius 2 is 2.60 bits per heavy atom. The van der Waals surface area contributed by atoms with E-state index < -0.39 is 0 Å². The highest BCUT2D eigenvalue weighted by Crippen LogP contribution is 2.15. The number of rotatable bonds is 5. The van der Waals surface area contributed by atoms with Gasteiger partial charge in [0.2, 0.25) is 0 Å². The summed E-state index contributed by atoms with van der Waals surface area (Å²) in [7, 11) is 0. The lowest BCUT2D eigenvalue weighted by molar-refractivity contribution is 0.260. The molecule has 1 fully saturated rings. The summed E-state index contributed by atoms with van der Waals surface area (Å²) in [5.41, 5.74) is 1.89. The number of hydrogen-bond donors (Lipinski definition) is 1. The van der Waals surface area contributed by atoms with Gasteiger partial charge in [-0.2, -0.15) is 0 Å². The van der Waals surface area contributed by atoms with E-state index in [4.69, 9.17) is 0 Å². The Kier molecular flexibility index (Phi) is 4.11. The Labute approximate surface area is 95.5 Å². The zero-order chi connectivity index (χ0) is 10.5. The summed E-state index contributed by atoms with van der Waals surface area (Å²) in [6.45, 7) is 6.81. The zero-order valence-electron chi connectivity index (χ0n) is 9.28. The number of likely N-dealkylation sites (N-methyl/N-ethyl adjacent to an activating group) is 1. The van der Waals surface area contributed by atoms with Gasteiger partial charge < -0.3 is 5.32 Å². The van der Waals surface area contributed by atoms with Gasteiger partial charge in [0.25, 0.3) is 0 Å². The van der Waals surface area contributed by atoms with Gasteiger partial charge in [0, 0.05) is 30.2 Å². The molecule has 0 unspecified atom stereocenters. The average Bonchev–Trinajstić information content (AvgIpc) is 2.88. The molecule has 1 N–H and O–H groups in total. The van der Waals surface area contributed by atoms with Crippen molar-refractivity contribution in [2.24, 2.45) is 0 Å². The SMILES string of the molecule is CCN1CCC[C@H]1CNCc1cncs1. The van der Waals surface area contributed by atoms with E-state index in [9.17, 15) is 0 Å². The van der Waals surface area contributed by atoms with Gasteiger partial charge >= 0.3 is 0 Å². The van der Waals surface area contributed by atoms with Gasteiger partial charge in [-0.25, -0.2) is 0 Å². The molecule has 2 rings (SSSR count). The molecular formula is C11H19N3S. The fraction of sp³-hybridized carbons (Fsp3) is 0.727. The van der Waals surface area contributed by atoms with Crippen molar-refractivity contribution >= 4 is 11.3 Å². The quantitative estimate of drug-likeness (QED) is 0.827. The summed E-state index contributed by atoms with van der Waals surface area (Å²) in [5.74, 6) is 0. The summed E-state index contributed by atoms with van der Waals surface area (Å²) in [6, 6.07) is 0.753. The fourth-order valence-corrected chi connectivity index (χ4v) is 2.80. The highest BCUT2D eigenvalue weighted by Gasteiger charge is 2.21. The second-order valence-corrected chi connectivity index (χ2v) is 4.99. The van der Waals surface area contributed by atoms with Crippen molar-refractivity contribution in [2.75, 3.05) is 19.6 Å². The van der Waals surface area contributed by atoms with E-state index in [1.165, 1.54) is 30.8 Å². The molecule has 1 saturated heterocycles. The van der Waals surface area contributed by atoms with Crippen molar-refractivity contribution in [3.8, 4) is 0 Å². The van der Waals surface area contributed by atoms with Gasteiger partial charge in [-0.05, 0) is 25.9 Å². The lowest BCUT2D eigenvalue weighted by atomic mass is 10.2. The standard InChI is InChI=1S/C11H19N3S/c1-2-14-5-3-4-10(14)6-12-7-11-8-13-9-15-11/h8-10,12H,2-7H2,1H3/t10-/m0/s1. The van der Waals surface area contributed by atoms with E-state index in [0.717, 1.165) is 19.1 Å². The molecule has 0 saturated carbocycles. The largest absolute Gasteiger partial charge is 0.310 e. The monoisotopic (exact) mass is 225 g/mol. The first-order valence-electron chi connectivity index (χ1n) is 5.72. The van der Waals surface area contributed by atoms with Crippen LogP contribution in [0.1, 0.15) is 24.6 Å².